The van der Waals surface area contributed by atoms with E-state index in [0.717, 1.165) is 55.3 Å². The van der Waals surface area contributed by atoms with Gasteiger partial charge in [-0.15, -0.1) is 11.3 Å². The third kappa shape index (κ3) is 3.22. The van der Waals surface area contributed by atoms with Gasteiger partial charge in [0, 0.05) is 39.7 Å². The molecular weight excluding hydrogens is 332 g/mol. The van der Waals surface area contributed by atoms with Crippen molar-refractivity contribution in [3.8, 4) is 0 Å². The summed E-state index contributed by atoms with van der Waals surface area (Å²) >= 11 is 1.89. The van der Waals surface area contributed by atoms with Crippen molar-refractivity contribution in [1.29, 1.82) is 0 Å². The van der Waals surface area contributed by atoms with Crippen LogP contribution in [0.15, 0.2) is 35.1 Å². The number of hydrogen-bond acceptors (Lipinski definition) is 6. The number of nitrogens with one attached hydrogen (secondary N) is 1. The largest absolute Gasteiger partial charge is 0.400 e. The number of piperidine rings is 1. The molecule has 0 aliphatic carbocycles. The Bertz CT molecular complexity index is 809. The Morgan fingerprint density at radius 3 is 2.84 bits per heavy atom. The molecule has 1 saturated heterocycles. The molecule has 2 aromatic heterocycles. The van der Waals surface area contributed by atoms with Crippen LogP contribution in [0.2, 0.25) is 0 Å². The number of aliphatic imine (C=N–C) groups is 1. The number of H-pyrrole nitrogens is 1. The van der Waals surface area contributed by atoms with Crippen molar-refractivity contribution in [2.75, 3.05) is 13.1 Å². The number of aromatic amines is 1. The third-order valence-corrected chi connectivity index (χ3v) is 6.01. The lowest BCUT2D eigenvalue weighted by Gasteiger charge is -2.34. The van der Waals surface area contributed by atoms with E-state index in [2.05, 4.69) is 33.9 Å². The molecular formula is C18H24N6S. The average Bonchev–Trinajstić information content (AvgIpc) is 3.24. The molecule has 0 amide bonds. The second-order valence-corrected chi connectivity index (χ2v) is 8.13. The van der Waals surface area contributed by atoms with Gasteiger partial charge in [0.25, 0.3) is 0 Å². The normalized spacial score (nSPS) is 20.8. The van der Waals surface area contributed by atoms with Gasteiger partial charge in [-0.1, -0.05) is 0 Å². The fourth-order valence-corrected chi connectivity index (χ4v) is 4.60. The fourth-order valence-electron chi connectivity index (χ4n) is 3.67. The van der Waals surface area contributed by atoms with Crippen LogP contribution in [0, 0.1) is 12.8 Å². The van der Waals surface area contributed by atoms with E-state index in [1.54, 1.807) is 11.3 Å². The first-order valence-electron chi connectivity index (χ1n) is 8.65. The molecule has 0 unspecified atom stereocenters. The van der Waals surface area contributed by atoms with Crippen LogP contribution in [0.3, 0.4) is 0 Å². The maximum atomic E-state index is 6.55. The highest BCUT2D eigenvalue weighted by Gasteiger charge is 2.27. The van der Waals surface area contributed by atoms with Crippen molar-refractivity contribution in [2.45, 2.75) is 26.3 Å². The average molecular weight is 356 g/mol. The van der Waals surface area contributed by atoms with Crippen LogP contribution < -0.4 is 11.6 Å². The molecule has 6 nitrogen and oxygen atoms in total. The molecule has 2 aromatic rings. The molecule has 0 saturated carbocycles. The topological polar surface area (TPSA) is 86.7 Å². The van der Waals surface area contributed by atoms with Gasteiger partial charge in [0.2, 0.25) is 0 Å². The summed E-state index contributed by atoms with van der Waals surface area (Å²) < 4.78 is 0. The number of fused-ring (bicyclic) bond motifs is 1. The first-order valence-corrected chi connectivity index (χ1v) is 9.46. The Balaban J connectivity index is 1.46. The second kappa shape index (κ2) is 6.67. The maximum Gasteiger partial charge on any atom is 0.141 e. The Morgan fingerprint density at radius 1 is 1.32 bits per heavy atom. The van der Waals surface area contributed by atoms with Crippen molar-refractivity contribution in [1.82, 2.24) is 14.9 Å². The lowest BCUT2D eigenvalue weighted by atomic mass is 9.91. The summed E-state index contributed by atoms with van der Waals surface area (Å²) in [5.41, 5.74) is 9.30. The first-order chi connectivity index (χ1) is 12.1. The summed E-state index contributed by atoms with van der Waals surface area (Å²) in [5.74, 6) is 7.30. The molecule has 2 aliphatic rings. The molecule has 25 heavy (non-hydrogen) atoms. The number of likely N-dealkylation sites (tertiary alicyclic amines) is 1. The number of rotatable bonds is 3. The van der Waals surface area contributed by atoms with Crippen LogP contribution in [-0.2, 0) is 6.54 Å². The number of thiophene rings is 1. The Hall–Kier alpha value is -2.09. The molecule has 0 atom stereocenters. The Labute approximate surface area is 151 Å². The van der Waals surface area contributed by atoms with E-state index in [1.807, 2.05) is 23.6 Å². The molecule has 0 bridgehead atoms. The zero-order valence-electron chi connectivity index (χ0n) is 14.4. The molecule has 0 spiro atoms. The monoisotopic (exact) mass is 356 g/mol. The molecule has 5 N–H and O–H groups in total. The van der Waals surface area contributed by atoms with Crippen molar-refractivity contribution >= 4 is 29.2 Å². The van der Waals surface area contributed by atoms with Crippen molar-refractivity contribution in [3.05, 3.63) is 45.4 Å². The quantitative estimate of drug-likeness (QED) is 0.738. The van der Waals surface area contributed by atoms with Crippen molar-refractivity contribution in [3.63, 3.8) is 0 Å². The summed E-state index contributed by atoms with van der Waals surface area (Å²) in [7, 11) is 0. The minimum atomic E-state index is 0.358. The van der Waals surface area contributed by atoms with E-state index >= 15 is 0 Å². The number of hydrazine groups is 1. The zero-order chi connectivity index (χ0) is 17.4. The van der Waals surface area contributed by atoms with Gasteiger partial charge in [-0.25, -0.2) is 10.8 Å². The van der Waals surface area contributed by atoms with Gasteiger partial charge in [-0.2, -0.15) is 0 Å². The maximum absolute atomic E-state index is 6.55. The van der Waals surface area contributed by atoms with Crippen molar-refractivity contribution < 1.29 is 0 Å². The highest BCUT2D eigenvalue weighted by molar-refractivity contribution is 7.11. The van der Waals surface area contributed by atoms with Gasteiger partial charge >= 0.3 is 0 Å². The lowest BCUT2D eigenvalue weighted by Crippen LogP contribution is -2.37. The van der Waals surface area contributed by atoms with Crippen LogP contribution in [-0.4, -0.2) is 34.3 Å². The van der Waals surface area contributed by atoms with Gasteiger partial charge in [-0.05, 0) is 51.1 Å². The van der Waals surface area contributed by atoms with E-state index in [1.165, 1.54) is 9.75 Å². The van der Waals surface area contributed by atoms with Crippen LogP contribution in [0.5, 0.6) is 0 Å². The van der Waals surface area contributed by atoms with Gasteiger partial charge in [-0.3, -0.25) is 9.91 Å². The SMILES string of the molecule is Cc1ccc(CN2CCC(/C(N)=C3\c4cc[nH]c4N=CN3N)CC2)s1. The molecule has 7 heteroatoms. The van der Waals surface area contributed by atoms with Crippen LogP contribution in [0.4, 0.5) is 5.82 Å². The van der Waals surface area contributed by atoms with Gasteiger partial charge in [0.05, 0.1) is 5.70 Å². The second-order valence-electron chi connectivity index (χ2n) is 6.76. The minimum absolute atomic E-state index is 0.358. The first kappa shape index (κ1) is 16.4. The minimum Gasteiger partial charge on any atom is -0.400 e. The van der Waals surface area contributed by atoms with Gasteiger partial charge in [0.15, 0.2) is 0 Å². The molecule has 4 heterocycles. The molecule has 4 rings (SSSR count). The van der Waals surface area contributed by atoms with E-state index < -0.39 is 0 Å². The van der Waals surface area contributed by atoms with E-state index in [-0.39, 0.29) is 0 Å². The van der Waals surface area contributed by atoms with Gasteiger partial charge in [0.1, 0.15) is 12.2 Å². The number of nitrogens with two attached hydrogens (primary N) is 2. The lowest BCUT2D eigenvalue weighted by molar-refractivity contribution is 0.192. The third-order valence-electron chi connectivity index (χ3n) is 5.03. The smallest absolute Gasteiger partial charge is 0.141 e. The predicted molar refractivity (Wildman–Crippen MR) is 103 cm³/mol. The molecule has 0 aromatic carbocycles. The molecule has 2 aliphatic heterocycles. The van der Waals surface area contributed by atoms with Crippen molar-refractivity contribution in [2.24, 2.45) is 22.5 Å². The van der Waals surface area contributed by atoms with Crippen LogP contribution >= 0.6 is 11.3 Å². The van der Waals surface area contributed by atoms with Crippen LogP contribution in [0.1, 0.15) is 28.2 Å². The Morgan fingerprint density at radius 2 is 2.12 bits per heavy atom. The summed E-state index contributed by atoms with van der Waals surface area (Å²) in [6.45, 7) is 5.33. The number of allylic oxidation sites excluding steroid dienone is 1. The summed E-state index contributed by atoms with van der Waals surface area (Å²) in [6, 6.07) is 6.43. The predicted octanol–water partition coefficient (Wildman–Crippen LogP) is 2.77. The van der Waals surface area contributed by atoms with E-state index in [9.17, 15) is 0 Å². The summed E-state index contributed by atoms with van der Waals surface area (Å²) in [4.78, 5) is 12.8. The molecule has 132 valence electrons. The number of aryl methyl sites for hydroxylation is 1. The number of nitrogens with zero attached hydrogens (tertiary/aromatic N) is 3. The fraction of sp³-hybridized carbons (Fsp3) is 0.389. The van der Waals surface area contributed by atoms with E-state index in [4.69, 9.17) is 11.6 Å². The standard InChI is InChI=1S/C18H24N6S/c1-12-2-3-14(25-12)10-23-8-5-13(6-9-23)16(19)17-15-4-7-21-18(15)22-11-24(17)20/h2-4,7,11,13,21H,5-6,8-10,19-20H2,1H3/b17-16-. The molecule has 1 fully saturated rings. The highest BCUT2D eigenvalue weighted by Crippen LogP contribution is 2.35. The van der Waals surface area contributed by atoms with E-state index in [0.29, 0.717) is 5.92 Å². The highest BCUT2D eigenvalue weighted by atomic mass is 32.1. The molecule has 0 radical (unpaired) electrons. The number of aromatic nitrogens is 1. The van der Waals surface area contributed by atoms with Gasteiger partial charge < -0.3 is 10.7 Å². The zero-order valence-corrected chi connectivity index (χ0v) is 15.2. The van der Waals surface area contributed by atoms with Crippen LogP contribution in [0.25, 0.3) is 5.70 Å². The Kier molecular flexibility index (Phi) is 4.37. The summed E-state index contributed by atoms with van der Waals surface area (Å²) in [5, 5.41) is 1.55. The summed E-state index contributed by atoms with van der Waals surface area (Å²) in [6.07, 6.45) is 5.62. The number of hydrogen-bond donors (Lipinski definition) is 3.